The summed E-state index contributed by atoms with van der Waals surface area (Å²) in [7, 11) is 0. The summed E-state index contributed by atoms with van der Waals surface area (Å²) in [5, 5.41) is 4.14. The van der Waals surface area contributed by atoms with E-state index in [1.807, 2.05) is 38.1 Å². The maximum Gasteiger partial charge on any atom is 0.271 e. The van der Waals surface area contributed by atoms with Crippen LogP contribution in [0.15, 0.2) is 58.1 Å². The Bertz CT molecular complexity index is 681. The molecule has 0 aliphatic heterocycles. The van der Waals surface area contributed by atoms with E-state index in [9.17, 15) is 4.79 Å². The molecule has 22 heavy (non-hydrogen) atoms. The van der Waals surface area contributed by atoms with Gasteiger partial charge in [0.1, 0.15) is 5.75 Å². The van der Waals surface area contributed by atoms with Crippen LogP contribution in [-0.2, 0) is 0 Å². The third kappa shape index (κ3) is 4.43. The quantitative estimate of drug-likeness (QED) is 0.646. The molecule has 0 saturated heterocycles. The summed E-state index contributed by atoms with van der Waals surface area (Å²) in [6.45, 7) is 4.36. The summed E-state index contributed by atoms with van der Waals surface area (Å²) in [5.74, 6) is 0.491. The molecule has 2 aromatic rings. The maximum absolute atomic E-state index is 12.0. The summed E-state index contributed by atoms with van der Waals surface area (Å²) >= 11 is 3.41. The third-order valence-electron chi connectivity index (χ3n) is 3.00. The molecular formula is C17H17BrN2O2. The van der Waals surface area contributed by atoms with Crippen LogP contribution in [0.2, 0.25) is 0 Å². The number of ether oxygens (including phenoxy) is 1. The van der Waals surface area contributed by atoms with Gasteiger partial charge in [0, 0.05) is 10.0 Å². The van der Waals surface area contributed by atoms with Crippen molar-refractivity contribution in [3.05, 3.63) is 64.1 Å². The molecule has 0 aromatic heterocycles. The van der Waals surface area contributed by atoms with Gasteiger partial charge >= 0.3 is 0 Å². The van der Waals surface area contributed by atoms with E-state index in [4.69, 9.17) is 4.74 Å². The second kappa shape index (κ2) is 7.75. The average Bonchev–Trinajstić information content (AvgIpc) is 2.53. The van der Waals surface area contributed by atoms with Crippen LogP contribution in [-0.4, -0.2) is 18.2 Å². The molecule has 0 radical (unpaired) electrons. The molecule has 0 unspecified atom stereocenters. The predicted molar refractivity (Wildman–Crippen MR) is 91.4 cm³/mol. The molecule has 0 saturated carbocycles. The maximum atomic E-state index is 12.0. The fraction of sp³-hybridized carbons (Fsp3) is 0.176. The van der Waals surface area contributed by atoms with Crippen LogP contribution >= 0.6 is 15.9 Å². The molecule has 1 amide bonds. The summed E-state index contributed by atoms with van der Waals surface area (Å²) in [6, 6.07) is 14.7. The van der Waals surface area contributed by atoms with Gasteiger partial charge in [-0.2, -0.15) is 5.10 Å². The van der Waals surface area contributed by atoms with Crippen LogP contribution in [0.3, 0.4) is 0 Å². The SMILES string of the molecule is CCOc1ccc(C(=O)N/N=C(/C)c2cccc(Br)c2)cc1. The van der Waals surface area contributed by atoms with Crippen molar-refractivity contribution in [1.82, 2.24) is 5.43 Å². The molecule has 0 bridgehead atoms. The van der Waals surface area contributed by atoms with Crippen LogP contribution in [0.4, 0.5) is 0 Å². The Labute approximate surface area is 138 Å². The lowest BCUT2D eigenvalue weighted by Crippen LogP contribution is -2.19. The number of hydrogen-bond donors (Lipinski definition) is 1. The number of carbonyl (C=O) groups is 1. The Hall–Kier alpha value is -2.14. The summed E-state index contributed by atoms with van der Waals surface area (Å²) in [5.41, 5.74) is 4.78. The lowest BCUT2D eigenvalue weighted by molar-refractivity contribution is 0.0955. The molecule has 0 aliphatic rings. The highest BCUT2D eigenvalue weighted by Crippen LogP contribution is 2.13. The van der Waals surface area contributed by atoms with Gasteiger partial charge in [0.05, 0.1) is 12.3 Å². The van der Waals surface area contributed by atoms with Crippen LogP contribution in [0.25, 0.3) is 0 Å². The minimum absolute atomic E-state index is 0.252. The summed E-state index contributed by atoms with van der Waals surface area (Å²) in [4.78, 5) is 12.0. The molecule has 4 nitrogen and oxygen atoms in total. The number of hydrogen-bond acceptors (Lipinski definition) is 3. The average molecular weight is 361 g/mol. The van der Waals surface area contributed by atoms with Crippen molar-refractivity contribution < 1.29 is 9.53 Å². The zero-order chi connectivity index (χ0) is 15.9. The molecule has 0 fully saturated rings. The van der Waals surface area contributed by atoms with Crippen molar-refractivity contribution >= 4 is 27.5 Å². The highest BCUT2D eigenvalue weighted by molar-refractivity contribution is 9.10. The smallest absolute Gasteiger partial charge is 0.271 e. The zero-order valence-electron chi connectivity index (χ0n) is 12.5. The number of hydrazone groups is 1. The molecule has 5 heteroatoms. The first kappa shape index (κ1) is 16.2. The molecule has 1 N–H and O–H groups in total. The van der Waals surface area contributed by atoms with E-state index in [1.54, 1.807) is 24.3 Å². The van der Waals surface area contributed by atoms with Crippen molar-refractivity contribution in [2.45, 2.75) is 13.8 Å². The Kier molecular flexibility index (Phi) is 5.72. The minimum atomic E-state index is -0.252. The van der Waals surface area contributed by atoms with E-state index in [0.717, 1.165) is 21.5 Å². The molecule has 2 rings (SSSR count). The van der Waals surface area contributed by atoms with E-state index in [2.05, 4.69) is 26.5 Å². The second-order valence-electron chi connectivity index (χ2n) is 4.61. The van der Waals surface area contributed by atoms with Gasteiger partial charge in [-0.25, -0.2) is 5.43 Å². The van der Waals surface area contributed by atoms with Crippen LogP contribution in [0.5, 0.6) is 5.75 Å². The lowest BCUT2D eigenvalue weighted by Gasteiger charge is -2.05. The first-order valence-corrected chi connectivity index (χ1v) is 7.73. The predicted octanol–water partition coefficient (Wildman–Crippen LogP) is 4.00. The third-order valence-corrected chi connectivity index (χ3v) is 3.49. The van der Waals surface area contributed by atoms with Crippen LogP contribution in [0.1, 0.15) is 29.8 Å². The number of nitrogens with one attached hydrogen (secondary N) is 1. The highest BCUT2D eigenvalue weighted by atomic mass is 79.9. The largest absolute Gasteiger partial charge is 0.494 e. The fourth-order valence-corrected chi connectivity index (χ4v) is 2.25. The monoisotopic (exact) mass is 360 g/mol. The van der Waals surface area contributed by atoms with Gasteiger partial charge in [-0.1, -0.05) is 28.1 Å². The zero-order valence-corrected chi connectivity index (χ0v) is 14.1. The minimum Gasteiger partial charge on any atom is -0.494 e. The lowest BCUT2D eigenvalue weighted by atomic mass is 10.1. The van der Waals surface area contributed by atoms with Gasteiger partial charge in [0.25, 0.3) is 5.91 Å². The Morgan fingerprint density at radius 1 is 1.18 bits per heavy atom. The van der Waals surface area contributed by atoms with Gasteiger partial charge in [-0.05, 0) is 55.8 Å². The molecule has 0 heterocycles. The number of benzene rings is 2. The molecule has 0 spiro atoms. The Morgan fingerprint density at radius 3 is 2.55 bits per heavy atom. The number of carbonyl (C=O) groups excluding carboxylic acids is 1. The number of halogens is 1. The normalized spacial score (nSPS) is 11.1. The van der Waals surface area contributed by atoms with E-state index in [1.165, 1.54) is 0 Å². The highest BCUT2D eigenvalue weighted by Gasteiger charge is 2.05. The Balaban J connectivity index is 2.03. The van der Waals surface area contributed by atoms with Crippen molar-refractivity contribution in [1.29, 1.82) is 0 Å². The molecule has 114 valence electrons. The summed E-state index contributed by atoms with van der Waals surface area (Å²) in [6.07, 6.45) is 0. The van der Waals surface area contributed by atoms with Gasteiger partial charge in [-0.3, -0.25) is 4.79 Å². The first-order valence-electron chi connectivity index (χ1n) is 6.93. The number of nitrogens with zero attached hydrogens (tertiary/aromatic N) is 1. The van der Waals surface area contributed by atoms with Gasteiger partial charge in [0.15, 0.2) is 0 Å². The fourth-order valence-electron chi connectivity index (χ4n) is 1.85. The number of amides is 1. The van der Waals surface area contributed by atoms with Crippen molar-refractivity contribution in [3.8, 4) is 5.75 Å². The van der Waals surface area contributed by atoms with Crippen molar-refractivity contribution in [2.75, 3.05) is 6.61 Å². The standard InChI is InChI=1S/C17H17BrN2O2/c1-3-22-16-9-7-13(8-10-16)17(21)20-19-12(2)14-5-4-6-15(18)11-14/h4-11H,3H2,1-2H3,(H,20,21)/b19-12-. The van der Waals surface area contributed by atoms with E-state index < -0.39 is 0 Å². The van der Waals surface area contributed by atoms with E-state index in [-0.39, 0.29) is 5.91 Å². The van der Waals surface area contributed by atoms with E-state index >= 15 is 0 Å². The van der Waals surface area contributed by atoms with Gasteiger partial charge in [-0.15, -0.1) is 0 Å². The first-order chi connectivity index (χ1) is 10.6. The van der Waals surface area contributed by atoms with Gasteiger partial charge < -0.3 is 4.74 Å². The number of rotatable bonds is 5. The second-order valence-corrected chi connectivity index (χ2v) is 5.52. The van der Waals surface area contributed by atoms with Crippen LogP contribution in [0, 0.1) is 0 Å². The Morgan fingerprint density at radius 2 is 1.91 bits per heavy atom. The molecule has 0 atom stereocenters. The topological polar surface area (TPSA) is 50.7 Å². The molecule has 2 aromatic carbocycles. The molecular weight excluding hydrogens is 344 g/mol. The van der Waals surface area contributed by atoms with Gasteiger partial charge in [0.2, 0.25) is 0 Å². The molecule has 0 aliphatic carbocycles. The van der Waals surface area contributed by atoms with Crippen molar-refractivity contribution in [3.63, 3.8) is 0 Å². The van der Waals surface area contributed by atoms with Crippen molar-refractivity contribution in [2.24, 2.45) is 5.10 Å². The van der Waals surface area contributed by atoms with Crippen LogP contribution < -0.4 is 10.2 Å². The summed E-state index contributed by atoms with van der Waals surface area (Å²) < 4.78 is 6.31. The van der Waals surface area contributed by atoms with E-state index in [0.29, 0.717) is 12.2 Å².